The summed E-state index contributed by atoms with van der Waals surface area (Å²) in [5.74, 6) is 0.755. The summed E-state index contributed by atoms with van der Waals surface area (Å²) in [7, 11) is 0. The molecule has 0 saturated heterocycles. The molecule has 21 heavy (non-hydrogen) atoms. The van der Waals surface area contributed by atoms with E-state index in [0.29, 0.717) is 17.3 Å². The summed E-state index contributed by atoms with van der Waals surface area (Å²) in [6, 6.07) is 15.3. The fourth-order valence-electron chi connectivity index (χ4n) is 2.19. The summed E-state index contributed by atoms with van der Waals surface area (Å²) in [6.07, 6.45) is 0. The van der Waals surface area contributed by atoms with Crippen LogP contribution in [0.25, 0.3) is 10.9 Å². The number of ether oxygens (including phenoxy) is 1. The molecule has 3 aromatic rings. The Balaban J connectivity index is 1.90. The maximum atomic E-state index is 5.94. The van der Waals surface area contributed by atoms with Gasteiger partial charge in [-0.25, -0.2) is 4.98 Å². The lowest BCUT2D eigenvalue weighted by Gasteiger charge is -2.11. The Morgan fingerprint density at radius 3 is 2.81 bits per heavy atom. The number of para-hydroxylation sites is 1. The van der Waals surface area contributed by atoms with Gasteiger partial charge in [0.1, 0.15) is 17.9 Å². The molecule has 0 spiro atoms. The van der Waals surface area contributed by atoms with Crippen LogP contribution in [0.5, 0.6) is 5.75 Å². The quantitative estimate of drug-likeness (QED) is 0.731. The second-order valence-corrected chi connectivity index (χ2v) is 5.35. The normalized spacial score (nSPS) is 10.8. The number of nitrogens with zero attached hydrogens (tertiary/aromatic N) is 1. The largest absolute Gasteiger partial charge is 0.487 e. The van der Waals surface area contributed by atoms with Gasteiger partial charge < -0.3 is 10.5 Å². The van der Waals surface area contributed by atoms with Crippen molar-refractivity contribution in [2.75, 3.05) is 5.73 Å². The molecule has 0 atom stereocenters. The molecular formula is C17H15ClN2O. The van der Waals surface area contributed by atoms with Crippen LogP contribution in [-0.4, -0.2) is 4.98 Å². The van der Waals surface area contributed by atoms with E-state index >= 15 is 0 Å². The lowest BCUT2D eigenvalue weighted by molar-refractivity contribution is 0.310. The van der Waals surface area contributed by atoms with Gasteiger partial charge in [-0.3, -0.25) is 0 Å². The number of anilines is 1. The Hall–Kier alpha value is -2.26. The molecule has 0 amide bonds. The van der Waals surface area contributed by atoms with Crippen LogP contribution in [0.3, 0.4) is 0 Å². The number of rotatable bonds is 3. The number of benzene rings is 2. The van der Waals surface area contributed by atoms with Crippen LogP contribution in [0, 0.1) is 6.92 Å². The Morgan fingerprint density at radius 2 is 2.00 bits per heavy atom. The minimum atomic E-state index is 0.387. The van der Waals surface area contributed by atoms with Crippen molar-refractivity contribution in [1.82, 2.24) is 4.98 Å². The van der Waals surface area contributed by atoms with Crippen LogP contribution in [0.1, 0.15) is 11.3 Å². The van der Waals surface area contributed by atoms with E-state index in [0.717, 1.165) is 27.9 Å². The van der Waals surface area contributed by atoms with Crippen molar-refractivity contribution in [1.29, 1.82) is 0 Å². The molecule has 0 aliphatic rings. The molecule has 106 valence electrons. The zero-order valence-corrected chi connectivity index (χ0v) is 12.4. The first-order valence-corrected chi connectivity index (χ1v) is 7.04. The predicted molar refractivity (Wildman–Crippen MR) is 86.7 cm³/mol. The molecule has 0 fully saturated rings. The Kier molecular flexibility index (Phi) is 3.67. The maximum Gasteiger partial charge on any atom is 0.146 e. The first-order chi connectivity index (χ1) is 10.1. The van der Waals surface area contributed by atoms with Gasteiger partial charge in [0.25, 0.3) is 0 Å². The number of fused-ring (bicyclic) bond motifs is 1. The van der Waals surface area contributed by atoms with E-state index in [1.807, 2.05) is 49.4 Å². The standard InChI is InChI=1S/C17H15ClN2O/c1-11-5-6-12-3-2-4-16(17(12)20-11)21-10-13-7-8-14(18)9-15(13)19/h2-9H,10,19H2,1H3. The zero-order chi connectivity index (χ0) is 14.8. The maximum absolute atomic E-state index is 5.94. The second kappa shape index (κ2) is 5.62. The van der Waals surface area contributed by atoms with Gasteiger partial charge in [0.05, 0.1) is 0 Å². The van der Waals surface area contributed by atoms with Gasteiger partial charge in [0.2, 0.25) is 0 Å². The summed E-state index contributed by atoms with van der Waals surface area (Å²) in [5, 5.41) is 1.68. The van der Waals surface area contributed by atoms with Gasteiger partial charge in [-0.1, -0.05) is 35.9 Å². The molecule has 1 aromatic heterocycles. The van der Waals surface area contributed by atoms with Crippen molar-refractivity contribution in [3.05, 3.63) is 64.8 Å². The fourth-order valence-corrected chi connectivity index (χ4v) is 2.37. The third-order valence-electron chi connectivity index (χ3n) is 3.31. The van der Waals surface area contributed by atoms with Crippen molar-refractivity contribution in [3.8, 4) is 5.75 Å². The number of aryl methyl sites for hydroxylation is 1. The van der Waals surface area contributed by atoms with E-state index in [2.05, 4.69) is 4.98 Å². The van der Waals surface area contributed by atoms with Gasteiger partial charge in [-0.05, 0) is 31.2 Å². The molecule has 0 bridgehead atoms. The highest BCUT2D eigenvalue weighted by Crippen LogP contribution is 2.26. The fraction of sp³-hybridized carbons (Fsp3) is 0.118. The van der Waals surface area contributed by atoms with Crippen molar-refractivity contribution >= 4 is 28.2 Å². The van der Waals surface area contributed by atoms with E-state index in [4.69, 9.17) is 22.1 Å². The van der Waals surface area contributed by atoms with Crippen molar-refractivity contribution < 1.29 is 4.74 Å². The Bertz CT molecular complexity index is 802. The van der Waals surface area contributed by atoms with E-state index in [-0.39, 0.29) is 0 Å². The van der Waals surface area contributed by atoms with Crippen LogP contribution in [0.15, 0.2) is 48.5 Å². The van der Waals surface area contributed by atoms with Crippen molar-refractivity contribution in [2.24, 2.45) is 0 Å². The first kappa shape index (κ1) is 13.7. The van der Waals surface area contributed by atoms with Gasteiger partial charge in [0, 0.05) is 27.4 Å². The number of pyridine rings is 1. The van der Waals surface area contributed by atoms with Crippen LogP contribution >= 0.6 is 11.6 Å². The highest BCUT2D eigenvalue weighted by atomic mass is 35.5. The second-order valence-electron chi connectivity index (χ2n) is 4.91. The number of nitrogens with two attached hydrogens (primary N) is 1. The lowest BCUT2D eigenvalue weighted by atomic mass is 10.2. The minimum absolute atomic E-state index is 0.387. The molecule has 3 nitrogen and oxygen atoms in total. The van der Waals surface area contributed by atoms with Crippen molar-refractivity contribution in [3.63, 3.8) is 0 Å². The Morgan fingerprint density at radius 1 is 1.14 bits per heavy atom. The van der Waals surface area contributed by atoms with Gasteiger partial charge in [-0.15, -0.1) is 0 Å². The molecular weight excluding hydrogens is 284 g/mol. The van der Waals surface area contributed by atoms with Gasteiger partial charge in [0.15, 0.2) is 0 Å². The number of aromatic nitrogens is 1. The third-order valence-corrected chi connectivity index (χ3v) is 3.55. The predicted octanol–water partition coefficient (Wildman–Crippen LogP) is 4.36. The van der Waals surface area contributed by atoms with Gasteiger partial charge in [-0.2, -0.15) is 0 Å². The summed E-state index contributed by atoms with van der Waals surface area (Å²) in [6.45, 7) is 2.35. The average molecular weight is 299 g/mol. The average Bonchev–Trinajstić information content (AvgIpc) is 2.46. The van der Waals surface area contributed by atoms with E-state index in [1.54, 1.807) is 6.07 Å². The first-order valence-electron chi connectivity index (χ1n) is 6.66. The molecule has 0 aliphatic heterocycles. The summed E-state index contributed by atoms with van der Waals surface area (Å²) in [4.78, 5) is 4.55. The number of hydrogen-bond donors (Lipinski definition) is 1. The molecule has 0 saturated carbocycles. The molecule has 2 N–H and O–H groups in total. The highest BCUT2D eigenvalue weighted by molar-refractivity contribution is 6.30. The SMILES string of the molecule is Cc1ccc2cccc(OCc3ccc(Cl)cc3N)c2n1. The van der Waals surface area contributed by atoms with Crippen LogP contribution in [-0.2, 0) is 6.61 Å². The monoisotopic (exact) mass is 298 g/mol. The van der Waals surface area contributed by atoms with Crippen LogP contribution < -0.4 is 10.5 Å². The lowest BCUT2D eigenvalue weighted by Crippen LogP contribution is -2.01. The molecule has 1 heterocycles. The topological polar surface area (TPSA) is 48.1 Å². The number of hydrogen-bond acceptors (Lipinski definition) is 3. The number of nitrogen functional groups attached to an aromatic ring is 1. The zero-order valence-electron chi connectivity index (χ0n) is 11.6. The van der Waals surface area contributed by atoms with E-state index in [1.165, 1.54) is 0 Å². The smallest absolute Gasteiger partial charge is 0.146 e. The molecule has 3 rings (SSSR count). The number of halogens is 1. The third kappa shape index (κ3) is 2.93. The van der Waals surface area contributed by atoms with Crippen LogP contribution in [0.4, 0.5) is 5.69 Å². The highest BCUT2D eigenvalue weighted by Gasteiger charge is 2.06. The molecule has 0 unspecified atom stereocenters. The van der Waals surface area contributed by atoms with E-state index in [9.17, 15) is 0 Å². The summed E-state index contributed by atoms with van der Waals surface area (Å²) >= 11 is 5.90. The summed E-state index contributed by atoms with van der Waals surface area (Å²) < 4.78 is 5.90. The molecule has 2 aromatic carbocycles. The van der Waals surface area contributed by atoms with Crippen molar-refractivity contribution in [2.45, 2.75) is 13.5 Å². The summed E-state index contributed by atoms with van der Waals surface area (Å²) in [5.41, 5.74) is 9.31. The molecule has 0 aliphatic carbocycles. The minimum Gasteiger partial charge on any atom is -0.487 e. The van der Waals surface area contributed by atoms with Crippen LogP contribution in [0.2, 0.25) is 5.02 Å². The van der Waals surface area contributed by atoms with Gasteiger partial charge >= 0.3 is 0 Å². The molecule has 0 radical (unpaired) electrons. The van der Waals surface area contributed by atoms with E-state index < -0.39 is 0 Å². The Labute approximate surface area is 128 Å². The molecule has 4 heteroatoms.